The monoisotopic (exact) mass is 427 g/mol. The largest absolute Gasteiger partial charge is 0.416 e. The van der Waals surface area contributed by atoms with Gasteiger partial charge in [0.1, 0.15) is 0 Å². The zero-order chi connectivity index (χ0) is 15.6. The van der Waals surface area contributed by atoms with Crippen molar-refractivity contribution < 1.29 is 18.3 Å². The Balaban J connectivity index is 2.33. The third-order valence-electron chi connectivity index (χ3n) is 3.21. The molecule has 0 bridgehead atoms. The quantitative estimate of drug-likeness (QED) is 0.721. The van der Waals surface area contributed by atoms with Gasteiger partial charge < -0.3 is 10.8 Å². The molecule has 2 nitrogen and oxygen atoms in total. The van der Waals surface area contributed by atoms with Crippen LogP contribution in [0.5, 0.6) is 0 Å². The number of rotatable bonds is 4. The summed E-state index contributed by atoms with van der Waals surface area (Å²) in [6.45, 7) is 0.0644. The summed E-state index contributed by atoms with van der Waals surface area (Å²) in [5, 5.41) is 12.2. The Hall–Kier alpha value is -0.640. The first kappa shape index (κ1) is 16.7. The third kappa shape index (κ3) is 3.97. The molecule has 0 spiro atoms. The van der Waals surface area contributed by atoms with E-state index in [0.717, 1.165) is 15.0 Å². The van der Waals surface area contributed by atoms with E-state index in [1.165, 1.54) is 17.4 Å². The molecule has 2 rings (SSSR count). The lowest BCUT2D eigenvalue weighted by Gasteiger charge is -2.22. The number of halogens is 4. The van der Waals surface area contributed by atoms with Crippen LogP contribution in [0.4, 0.5) is 13.2 Å². The van der Waals surface area contributed by atoms with Gasteiger partial charge in [0.25, 0.3) is 0 Å². The van der Waals surface area contributed by atoms with E-state index in [1.54, 1.807) is 11.4 Å². The lowest BCUT2D eigenvalue weighted by atomic mass is 9.89. The molecule has 1 heterocycles. The second kappa shape index (κ2) is 6.64. The van der Waals surface area contributed by atoms with Gasteiger partial charge in [-0.3, -0.25) is 0 Å². The predicted octanol–water partition coefficient (Wildman–Crippen LogP) is 4.15. The molecule has 1 aromatic carbocycles. The molecule has 0 aliphatic rings. The number of hydrogen-bond donors (Lipinski definition) is 2. The molecule has 0 saturated carbocycles. The smallest absolute Gasteiger partial charge is 0.388 e. The molecule has 1 aromatic heterocycles. The van der Waals surface area contributed by atoms with Crippen LogP contribution in [0.2, 0.25) is 0 Å². The van der Waals surface area contributed by atoms with Crippen molar-refractivity contribution in [2.45, 2.75) is 18.2 Å². The molecule has 0 aliphatic carbocycles. The lowest BCUT2D eigenvalue weighted by Crippen LogP contribution is -2.20. The number of thiophene rings is 1. The maximum atomic E-state index is 12.8. The number of hydrogen-bond acceptors (Lipinski definition) is 3. The van der Waals surface area contributed by atoms with Crippen LogP contribution in [0.25, 0.3) is 0 Å². The Labute approximate surface area is 137 Å². The number of aliphatic hydroxyl groups is 1. The lowest BCUT2D eigenvalue weighted by molar-refractivity contribution is -0.137. The van der Waals surface area contributed by atoms with Crippen molar-refractivity contribution in [1.29, 1.82) is 0 Å². The predicted molar refractivity (Wildman–Crippen MR) is 85.2 cm³/mol. The van der Waals surface area contributed by atoms with Crippen LogP contribution in [-0.2, 0) is 6.18 Å². The number of nitrogens with two attached hydrogens (primary N) is 1. The van der Waals surface area contributed by atoms with Crippen LogP contribution in [0.15, 0.2) is 35.7 Å². The first-order valence-corrected chi connectivity index (χ1v) is 8.08. The second-order valence-electron chi connectivity index (χ2n) is 4.59. The topological polar surface area (TPSA) is 46.2 Å². The Morgan fingerprint density at radius 2 is 1.95 bits per heavy atom. The zero-order valence-electron chi connectivity index (χ0n) is 10.8. The van der Waals surface area contributed by atoms with E-state index < -0.39 is 23.8 Å². The van der Waals surface area contributed by atoms with Crippen molar-refractivity contribution >= 4 is 33.9 Å². The fraction of sp³-hybridized carbons (Fsp3) is 0.286. The van der Waals surface area contributed by atoms with Crippen LogP contribution in [0.1, 0.15) is 28.7 Å². The van der Waals surface area contributed by atoms with E-state index in [2.05, 4.69) is 22.6 Å². The maximum Gasteiger partial charge on any atom is 0.416 e. The third-order valence-corrected chi connectivity index (χ3v) is 5.01. The van der Waals surface area contributed by atoms with Crippen LogP contribution in [0.3, 0.4) is 0 Å². The van der Waals surface area contributed by atoms with E-state index in [-0.39, 0.29) is 6.54 Å². The minimum Gasteiger partial charge on any atom is -0.388 e. The highest BCUT2D eigenvalue weighted by molar-refractivity contribution is 14.1. The van der Waals surface area contributed by atoms with Crippen molar-refractivity contribution in [2.75, 3.05) is 6.54 Å². The van der Waals surface area contributed by atoms with E-state index in [0.29, 0.717) is 11.1 Å². The van der Waals surface area contributed by atoms with E-state index in [4.69, 9.17) is 5.73 Å². The highest BCUT2D eigenvalue weighted by Gasteiger charge is 2.32. The first-order chi connectivity index (χ1) is 9.82. The summed E-state index contributed by atoms with van der Waals surface area (Å²) in [5.74, 6) is -0.572. The fourth-order valence-electron chi connectivity index (χ4n) is 2.10. The van der Waals surface area contributed by atoms with Crippen LogP contribution >= 0.6 is 33.9 Å². The van der Waals surface area contributed by atoms with Gasteiger partial charge in [-0.05, 0) is 51.2 Å². The molecule has 2 aromatic rings. The zero-order valence-corrected chi connectivity index (χ0v) is 13.7. The van der Waals surface area contributed by atoms with Crippen LogP contribution in [-0.4, -0.2) is 11.7 Å². The van der Waals surface area contributed by atoms with E-state index in [9.17, 15) is 18.3 Å². The van der Waals surface area contributed by atoms with Gasteiger partial charge in [0.15, 0.2) is 0 Å². The summed E-state index contributed by atoms with van der Waals surface area (Å²) >= 11 is 3.60. The minimum absolute atomic E-state index is 0.0644. The van der Waals surface area contributed by atoms with Gasteiger partial charge in [0.2, 0.25) is 0 Å². The minimum atomic E-state index is -4.40. The Morgan fingerprint density at radius 1 is 1.24 bits per heavy atom. The number of alkyl halides is 3. The fourth-order valence-corrected chi connectivity index (χ4v) is 3.50. The average Bonchev–Trinajstić information content (AvgIpc) is 2.85. The maximum absolute atomic E-state index is 12.8. The summed E-state index contributed by atoms with van der Waals surface area (Å²) in [4.78, 5) is 0. The van der Waals surface area contributed by atoms with Crippen molar-refractivity contribution in [3.63, 3.8) is 0 Å². The van der Waals surface area contributed by atoms with Crippen molar-refractivity contribution in [3.05, 3.63) is 55.3 Å². The molecule has 0 fully saturated rings. The van der Waals surface area contributed by atoms with Crippen molar-refractivity contribution in [1.82, 2.24) is 0 Å². The summed E-state index contributed by atoms with van der Waals surface area (Å²) in [5.41, 5.74) is 6.01. The van der Waals surface area contributed by atoms with Crippen LogP contribution < -0.4 is 5.73 Å². The Morgan fingerprint density at radius 3 is 2.48 bits per heavy atom. The molecular formula is C14H13F3INOS. The Bertz CT molecular complexity index is 614. The summed E-state index contributed by atoms with van der Waals surface area (Å²) in [7, 11) is 0. The first-order valence-electron chi connectivity index (χ1n) is 6.12. The standard InChI is InChI=1S/C14H13F3INOS/c15-14(16,17)10-3-1-2-8(4-10)11(6-19)13(20)9-5-12(18)21-7-9/h1-5,7,11,13,20H,6,19H2. The van der Waals surface area contributed by atoms with Gasteiger partial charge in [0, 0.05) is 12.5 Å². The molecule has 0 amide bonds. The number of benzene rings is 1. The van der Waals surface area contributed by atoms with Gasteiger partial charge in [-0.25, -0.2) is 0 Å². The molecule has 0 saturated heterocycles. The molecule has 2 atom stereocenters. The molecule has 0 radical (unpaired) electrons. The number of aliphatic hydroxyl groups excluding tert-OH is 1. The second-order valence-corrected chi connectivity index (χ2v) is 7.40. The Kier molecular flexibility index (Phi) is 5.29. The highest BCUT2D eigenvalue weighted by atomic mass is 127. The summed E-state index contributed by atoms with van der Waals surface area (Å²) < 4.78 is 39.3. The van der Waals surface area contributed by atoms with Gasteiger partial charge in [-0.1, -0.05) is 18.2 Å². The van der Waals surface area contributed by atoms with E-state index >= 15 is 0 Å². The van der Waals surface area contributed by atoms with Gasteiger partial charge >= 0.3 is 6.18 Å². The molecule has 21 heavy (non-hydrogen) atoms. The SMILES string of the molecule is NCC(c1cccc(C(F)(F)F)c1)C(O)c1csc(I)c1. The highest BCUT2D eigenvalue weighted by Crippen LogP contribution is 2.36. The van der Waals surface area contributed by atoms with Crippen molar-refractivity contribution in [3.8, 4) is 0 Å². The van der Waals surface area contributed by atoms with Gasteiger partial charge in [0.05, 0.1) is 14.6 Å². The summed E-state index contributed by atoms with van der Waals surface area (Å²) in [6.07, 6.45) is -5.32. The van der Waals surface area contributed by atoms with E-state index in [1.807, 2.05) is 6.07 Å². The van der Waals surface area contributed by atoms with Gasteiger partial charge in [-0.2, -0.15) is 13.2 Å². The van der Waals surface area contributed by atoms with Gasteiger partial charge in [-0.15, -0.1) is 11.3 Å². The molecule has 3 N–H and O–H groups in total. The normalized spacial score (nSPS) is 15.0. The molecule has 2 unspecified atom stereocenters. The molecule has 114 valence electrons. The molecule has 0 aliphatic heterocycles. The average molecular weight is 427 g/mol. The van der Waals surface area contributed by atoms with Crippen LogP contribution in [0, 0.1) is 2.88 Å². The van der Waals surface area contributed by atoms with Crippen molar-refractivity contribution in [2.24, 2.45) is 5.73 Å². The summed E-state index contributed by atoms with van der Waals surface area (Å²) in [6, 6.07) is 6.78. The molecule has 7 heteroatoms. The molecular weight excluding hydrogens is 414 g/mol.